The molecule has 0 amide bonds. The van der Waals surface area contributed by atoms with Crippen LogP contribution in [0.15, 0.2) is 12.8 Å². The van der Waals surface area contributed by atoms with Gasteiger partial charge in [0, 0.05) is 0 Å². The summed E-state index contributed by atoms with van der Waals surface area (Å²) >= 11 is 0. The highest BCUT2D eigenvalue weighted by molar-refractivity contribution is 4.88. The zero-order valence-corrected chi connectivity index (χ0v) is 6.18. The second kappa shape index (κ2) is 2.05. The summed E-state index contributed by atoms with van der Waals surface area (Å²) in [6.45, 7) is 8.03. The molecule has 1 rings (SSSR count). The van der Waals surface area contributed by atoms with Gasteiger partial charge in [0.15, 0.2) is 0 Å². The van der Waals surface area contributed by atoms with Gasteiger partial charge < -0.3 is 4.74 Å². The quantitative estimate of drug-likeness (QED) is 0.516. The Kier molecular flexibility index (Phi) is 1.52. The SMILES string of the molecule is C=COC1CC(C)(C)C1. The van der Waals surface area contributed by atoms with Gasteiger partial charge in [-0.3, -0.25) is 0 Å². The smallest absolute Gasteiger partial charge is 0.0988 e. The van der Waals surface area contributed by atoms with E-state index in [1.54, 1.807) is 6.26 Å². The minimum Gasteiger partial charge on any atom is -0.499 e. The van der Waals surface area contributed by atoms with Gasteiger partial charge in [0.2, 0.25) is 0 Å². The first kappa shape index (κ1) is 6.66. The Morgan fingerprint density at radius 2 is 2.11 bits per heavy atom. The third-order valence-corrected chi connectivity index (χ3v) is 1.85. The second-order valence-corrected chi connectivity index (χ2v) is 3.50. The van der Waals surface area contributed by atoms with Crippen molar-refractivity contribution >= 4 is 0 Å². The third kappa shape index (κ3) is 1.47. The van der Waals surface area contributed by atoms with Gasteiger partial charge in [-0.1, -0.05) is 20.4 Å². The van der Waals surface area contributed by atoms with Crippen molar-refractivity contribution in [2.75, 3.05) is 0 Å². The summed E-state index contributed by atoms with van der Waals surface area (Å²) < 4.78 is 5.18. The van der Waals surface area contributed by atoms with Crippen LogP contribution in [0.4, 0.5) is 0 Å². The van der Waals surface area contributed by atoms with Crippen LogP contribution in [0.2, 0.25) is 0 Å². The first-order chi connectivity index (χ1) is 4.14. The van der Waals surface area contributed by atoms with E-state index >= 15 is 0 Å². The summed E-state index contributed by atoms with van der Waals surface area (Å²) in [5, 5.41) is 0. The fourth-order valence-corrected chi connectivity index (χ4v) is 1.41. The van der Waals surface area contributed by atoms with Gasteiger partial charge in [-0.05, 0) is 18.3 Å². The van der Waals surface area contributed by atoms with Gasteiger partial charge in [-0.25, -0.2) is 0 Å². The largest absolute Gasteiger partial charge is 0.499 e. The lowest BCUT2D eigenvalue weighted by Gasteiger charge is -2.41. The van der Waals surface area contributed by atoms with Crippen molar-refractivity contribution in [3.63, 3.8) is 0 Å². The molecule has 0 heterocycles. The van der Waals surface area contributed by atoms with Gasteiger partial charge in [-0.2, -0.15) is 0 Å². The molecular formula is C8H14O. The number of hydrogen-bond donors (Lipinski definition) is 0. The van der Waals surface area contributed by atoms with E-state index in [9.17, 15) is 0 Å². The highest BCUT2D eigenvalue weighted by atomic mass is 16.5. The Labute approximate surface area is 56.7 Å². The van der Waals surface area contributed by atoms with E-state index in [0.29, 0.717) is 11.5 Å². The van der Waals surface area contributed by atoms with Crippen molar-refractivity contribution in [2.45, 2.75) is 32.8 Å². The fraction of sp³-hybridized carbons (Fsp3) is 0.750. The molecule has 0 spiro atoms. The van der Waals surface area contributed by atoms with Crippen molar-refractivity contribution in [1.29, 1.82) is 0 Å². The molecule has 1 aliphatic carbocycles. The molecule has 52 valence electrons. The lowest BCUT2D eigenvalue weighted by molar-refractivity contribution is -0.0186. The van der Waals surface area contributed by atoms with Crippen LogP contribution >= 0.6 is 0 Å². The van der Waals surface area contributed by atoms with E-state index in [-0.39, 0.29) is 0 Å². The van der Waals surface area contributed by atoms with E-state index in [0.717, 1.165) is 0 Å². The van der Waals surface area contributed by atoms with Crippen LogP contribution in [0.5, 0.6) is 0 Å². The predicted molar refractivity (Wildman–Crippen MR) is 38.1 cm³/mol. The van der Waals surface area contributed by atoms with Crippen LogP contribution in [0.3, 0.4) is 0 Å². The normalized spacial score (nSPS) is 24.7. The van der Waals surface area contributed by atoms with Crippen LogP contribution in [0.1, 0.15) is 26.7 Å². The Hall–Kier alpha value is -0.460. The van der Waals surface area contributed by atoms with Crippen molar-refractivity contribution < 1.29 is 4.74 Å². The molecule has 1 aliphatic rings. The zero-order chi connectivity index (χ0) is 6.91. The fourth-order valence-electron chi connectivity index (χ4n) is 1.41. The van der Waals surface area contributed by atoms with Crippen molar-refractivity contribution in [1.82, 2.24) is 0 Å². The molecule has 1 fully saturated rings. The molecule has 0 aromatic heterocycles. The Morgan fingerprint density at radius 1 is 1.56 bits per heavy atom. The maximum absolute atomic E-state index is 5.18. The maximum Gasteiger partial charge on any atom is 0.0988 e. The van der Waals surface area contributed by atoms with Crippen LogP contribution in [-0.4, -0.2) is 6.10 Å². The summed E-state index contributed by atoms with van der Waals surface area (Å²) in [5.41, 5.74) is 0.522. The van der Waals surface area contributed by atoms with Gasteiger partial charge >= 0.3 is 0 Å². The van der Waals surface area contributed by atoms with Crippen LogP contribution in [-0.2, 0) is 4.74 Å². The highest BCUT2D eigenvalue weighted by Gasteiger charge is 2.36. The summed E-state index contributed by atoms with van der Waals surface area (Å²) in [4.78, 5) is 0. The Morgan fingerprint density at radius 3 is 2.44 bits per heavy atom. The van der Waals surface area contributed by atoms with Gasteiger partial charge in [0.1, 0.15) is 0 Å². The third-order valence-electron chi connectivity index (χ3n) is 1.85. The molecule has 0 unspecified atom stereocenters. The lowest BCUT2D eigenvalue weighted by atomic mass is 9.70. The molecule has 0 N–H and O–H groups in total. The molecule has 0 atom stereocenters. The molecule has 1 nitrogen and oxygen atoms in total. The average molecular weight is 126 g/mol. The Balaban J connectivity index is 2.19. The molecule has 0 aliphatic heterocycles. The van der Waals surface area contributed by atoms with Gasteiger partial charge in [0.25, 0.3) is 0 Å². The topological polar surface area (TPSA) is 9.23 Å². The molecule has 1 saturated carbocycles. The number of hydrogen-bond acceptors (Lipinski definition) is 1. The van der Waals surface area contributed by atoms with Gasteiger partial charge in [-0.15, -0.1) is 0 Å². The van der Waals surface area contributed by atoms with E-state index in [2.05, 4.69) is 20.4 Å². The maximum atomic E-state index is 5.18. The molecule has 9 heavy (non-hydrogen) atoms. The molecule has 0 saturated heterocycles. The van der Waals surface area contributed by atoms with Crippen LogP contribution < -0.4 is 0 Å². The molecule has 0 aromatic carbocycles. The minimum atomic E-state index is 0.456. The first-order valence-electron chi connectivity index (χ1n) is 3.40. The summed E-state index contributed by atoms with van der Waals surface area (Å²) in [6, 6.07) is 0. The molecule has 0 radical (unpaired) electrons. The van der Waals surface area contributed by atoms with E-state index in [1.165, 1.54) is 12.8 Å². The number of ether oxygens (including phenoxy) is 1. The second-order valence-electron chi connectivity index (χ2n) is 3.50. The van der Waals surface area contributed by atoms with E-state index < -0.39 is 0 Å². The summed E-state index contributed by atoms with van der Waals surface area (Å²) in [6.07, 6.45) is 4.36. The van der Waals surface area contributed by atoms with Crippen molar-refractivity contribution in [3.05, 3.63) is 12.8 Å². The Bertz CT molecular complexity index is 108. The molecule has 0 aromatic rings. The molecular weight excluding hydrogens is 112 g/mol. The van der Waals surface area contributed by atoms with E-state index in [4.69, 9.17) is 4.74 Å². The molecule has 0 bridgehead atoms. The van der Waals surface area contributed by atoms with Crippen molar-refractivity contribution in [3.8, 4) is 0 Å². The zero-order valence-electron chi connectivity index (χ0n) is 6.18. The van der Waals surface area contributed by atoms with Crippen LogP contribution in [0, 0.1) is 5.41 Å². The predicted octanol–water partition coefficient (Wildman–Crippen LogP) is 2.34. The van der Waals surface area contributed by atoms with E-state index in [1.807, 2.05) is 0 Å². The van der Waals surface area contributed by atoms with Crippen molar-refractivity contribution in [2.24, 2.45) is 5.41 Å². The molecule has 1 heteroatoms. The summed E-state index contributed by atoms with van der Waals surface area (Å²) in [7, 11) is 0. The standard InChI is InChI=1S/C8H14O/c1-4-9-7-5-8(2,3)6-7/h4,7H,1,5-6H2,2-3H3. The van der Waals surface area contributed by atoms with Crippen LogP contribution in [0.25, 0.3) is 0 Å². The number of rotatable bonds is 2. The monoisotopic (exact) mass is 126 g/mol. The first-order valence-corrected chi connectivity index (χ1v) is 3.40. The summed E-state index contributed by atoms with van der Waals surface area (Å²) in [5.74, 6) is 0. The minimum absolute atomic E-state index is 0.456. The van der Waals surface area contributed by atoms with Gasteiger partial charge in [0.05, 0.1) is 12.4 Å². The average Bonchev–Trinajstić information content (AvgIpc) is 1.62. The highest BCUT2D eigenvalue weighted by Crippen LogP contribution is 2.41. The lowest BCUT2D eigenvalue weighted by Crippen LogP contribution is -2.36.